The average molecular weight is 372 g/mol. The van der Waals surface area contributed by atoms with Gasteiger partial charge in [0, 0.05) is 6.42 Å². The van der Waals surface area contributed by atoms with Gasteiger partial charge in [0.2, 0.25) is 11.8 Å². The molecule has 2 rings (SSSR count). The second-order valence-corrected chi connectivity index (χ2v) is 6.38. The number of rotatable bonds is 8. The van der Waals surface area contributed by atoms with Crippen LogP contribution in [0.5, 0.6) is 5.75 Å². The fourth-order valence-corrected chi connectivity index (χ4v) is 2.91. The minimum Gasteiger partial charge on any atom is -0.493 e. The number of carbonyl (C=O) groups is 3. The normalized spacial score (nSPS) is 10.5. The molecule has 0 aliphatic rings. The molecule has 1 heterocycles. The Bertz CT molecular complexity index is 862. The summed E-state index contributed by atoms with van der Waals surface area (Å²) in [6.07, 6.45) is 0.642. The summed E-state index contributed by atoms with van der Waals surface area (Å²) >= 11 is 0. The van der Waals surface area contributed by atoms with E-state index in [1.807, 2.05) is 32.0 Å². The van der Waals surface area contributed by atoms with Crippen molar-refractivity contribution in [1.29, 1.82) is 0 Å². The van der Waals surface area contributed by atoms with Gasteiger partial charge >= 0.3 is 0 Å². The number of furan rings is 1. The van der Waals surface area contributed by atoms with E-state index in [9.17, 15) is 14.4 Å². The quantitative estimate of drug-likeness (QED) is 0.545. The SMILES string of the molecule is CC(=O)c1c(C)oc(NC(=O)CCCOc2c(C)cccc2C)c1C(N)=O. The van der Waals surface area contributed by atoms with Gasteiger partial charge in [-0.05, 0) is 45.2 Å². The molecule has 0 bridgehead atoms. The Morgan fingerprint density at radius 3 is 2.30 bits per heavy atom. The number of carbonyl (C=O) groups excluding carboxylic acids is 3. The number of hydrogen-bond acceptors (Lipinski definition) is 5. The summed E-state index contributed by atoms with van der Waals surface area (Å²) in [5, 5.41) is 2.52. The van der Waals surface area contributed by atoms with Crippen molar-refractivity contribution in [2.75, 3.05) is 11.9 Å². The van der Waals surface area contributed by atoms with E-state index in [0.29, 0.717) is 13.0 Å². The number of anilines is 1. The third-order valence-electron chi connectivity index (χ3n) is 4.14. The zero-order valence-electron chi connectivity index (χ0n) is 16.0. The lowest BCUT2D eigenvalue weighted by molar-refractivity contribution is -0.116. The molecule has 144 valence electrons. The molecule has 0 radical (unpaired) electrons. The highest BCUT2D eigenvalue weighted by atomic mass is 16.5. The van der Waals surface area contributed by atoms with Gasteiger partial charge in [-0.15, -0.1) is 0 Å². The van der Waals surface area contributed by atoms with Gasteiger partial charge in [0.25, 0.3) is 5.91 Å². The van der Waals surface area contributed by atoms with Crippen LogP contribution in [0, 0.1) is 20.8 Å². The summed E-state index contributed by atoms with van der Waals surface area (Å²) in [6.45, 7) is 7.15. The zero-order chi connectivity index (χ0) is 20.1. The van der Waals surface area contributed by atoms with Gasteiger partial charge in [0.05, 0.1) is 12.2 Å². The molecule has 2 aromatic rings. The zero-order valence-corrected chi connectivity index (χ0v) is 16.0. The summed E-state index contributed by atoms with van der Waals surface area (Å²) in [5.74, 6) is -0.567. The standard InChI is InChI=1S/C20H24N2O5/c1-11-7-5-8-12(2)18(11)26-10-6-9-15(24)22-20-17(19(21)25)16(13(3)23)14(4)27-20/h5,7-8H,6,9-10H2,1-4H3,(H2,21,25)(H,22,24). The second kappa shape index (κ2) is 8.53. The third-order valence-corrected chi connectivity index (χ3v) is 4.14. The van der Waals surface area contributed by atoms with Crippen molar-refractivity contribution in [3.8, 4) is 5.75 Å². The van der Waals surface area contributed by atoms with Crippen LogP contribution in [0.15, 0.2) is 22.6 Å². The van der Waals surface area contributed by atoms with Crippen molar-refractivity contribution in [3.63, 3.8) is 0 Å². The Morgan fingerprint density at radius 2 is 1.74 bits per heavy atom. The van der Waals surface area contributed by atoms with E-state index in [4.69, 9.17) is 14.9 Å². The second-order valence-electron chi connectivity index (χ2n) is 6.38. The largest absolute Gasteiger partial charge is 0.493 e. The first-order valence-electron chi connectivity index (χ1n) is 8.65. The molecule has 0 spiro atoms. The van der Waals surface area contributed by atoms with E-state index in [1.54, 1.807) is 0 Å². The monoisotopic (exact) mass is 372 g/mol. The summed E-state index contributed by atoms with van der Waals surface area (Å²) in [7, 11) is 0. The highest BCUT2D eigenvalue weighted by Crippen LogP contribution is 2.27. The summed E-state index contributed by atoms with van der Waals surface area (Å²) in [4.78, 5) is 35.5. The molecule has 0 aliphatic heterocycles. The highest BCUT2D eigenvalue weighted by molar-refractivity contribution is 6.11. The molecule has 7 nitrogen and oxygen atoms in total. The highest BCUT2D eigenvalue weighted by Gasteiger charge is 2.26. The first kappa shape index (κ1) is 20.2. The van der Waals surface area contributed by atoms with E-state index < -0.39 is 5.91 Å². The van der Waals surface area contributed by atoms with Crippen molar-refractivity contribution in [1.82, 2.24) is 0 Å². The van der Waals surface area contributed by atoms with Gasteiger partial charge in [-0.25, -0.2) is 0 Å². The number of para-hydroxylation sites is 1. The van der Waals surface area contributed by atoms with E-state index in [1.165, 1.54) is 13.8 Å². The van der Waals surface area contributed by atoms with Gasteiger partial charge < -0.3 is 14.9 Å². The summed E-state index contributed by atoms with van der Waals surface area (Å²) in [6, 6.07) is 5.89. The predicted molar refractivity (Wildman–Crippen MR) is 101 cm³/mol. The topological polar surface area (TPSA) is 112 Å². The predicted octanol–water partition coefficient (Wildman–Crippen LogP) is 3.30. The molecule has 2 amide bonds. The molecule has 1 aromatic carbocycles. The molecule has 0 saturated heterocycles. The Balaban J connectivity index is 1.96. The molecule has 27 heavy (non-hydrogen) atoms. The van der Waals surface area contributed by atoms with E-state index in [0.717, 1.165) is 16.9 Å². The summed E-state index contributed by atoms with van der Waals surface area (Å²) in [5.41, 5.74) is 7.40. The van der Waals surface area contributed by atoms with Crippen LogP contribution < -0.4 is 15.8 Å². The maximum Gasteiger partial charge on any atom is 0.255 e. The molecular weight excluding hydrogens is 348 g/mol. The number of nitrogens with two attached hydrogens (primary N) is 1. The number of benzene rings is 1. The Labute approximate surface area is 157 Å². The van der Waals surface area contributed by atoms with Gasteiger partial charge in [-0.1, -0.05) is 18.2 Å². The van der Waals surface area contributed by atoms with Crippen molar-refractivity contribution in [2.45, 2.75) is 40.5 Å². The first-order valence-corrected chi connectivity index (χ1v) is 8.65. The Morgan fingerprint density at radius 1 is 1.11 bits per heavy atom. The first-order chi connectivity index (χ1) is 12.7. The third kappa shape index (κ3) is 4.75. The molecular formula is C20H24N2O5. The fourth-order valence-electron chi connectivity index (χ4n) is 2.91. The number of ketones is 1. The lowest BCUT2D eigenvalue weighted by atomic mass is 10.1. The number of hydrogen-bond donors (Lipinski definition) is 2. The van der Waals surface area contributed by atoms with E-state index >= 15 is 0 Å². The fraction of sp³-hybridized carbons (Fsp3) is 0.350. The van der Waals surface area contributed by atoms with Crippen LogP contribution in [0.25, 0.3) is 0 Å². The smallest absolute Gasteiger partial charge is 0.255 e. The lowest BCUT2D eigenvalue weighted by Gasteiger charge is -2.11. The maximum atomic E-state index is 12.2. The molecule has 0 fully saturated rings. The molecule has 7 heteroatoms. The number of Topliss-reactive ketones (excluding diaryl/α,β-unsaturated/α-hetero) is 1. The van der Waals surface area contributed by atoms with Crippen molar-refractivity contribution >= 4 is 23.5 Å². The number of nitrogens with one attached hydrogen (secondary N) is 1. The number of amides is 2. The van der Waals surface area contributed by atoms with Crippen LogP contribution in [-0.2, 0) is 4.79 Å². The molecule has 1 aromatic heterocycles. The number of aryl methyl sites for hydroxylation is 3. The average Bonchev–Trinajstić information content (AvgIpc) is 2.90. The maximum absolute atomic E-state index is 12.2. The Hall–Kier alpha value is -3.09. The molecule has 0 saturated carbocycles. The molecule has 3 N–H and O–H groups in total. The van der Waals surface area contributed by atoms with Crippen LogP contribution in [0.2, 0.25) is 0 Å². The molecule has 0 unspecified atom stereocenters. The minimum atomic E-state index is -0.828. The van der Waals surface area contributed by atoms with E-state index in [2.05, 4.69) is 5.32 Å². The lowest BCUT2D eigenvalue weighted by Crippen LogP contribution is -2.19. The Kier molecular flexibility index (Phi) is 6.39. The van der Waals surface area contributed by atoms with Gasteiger partial charge in [-0.3, -0.25) is 19.7 Å². The van der Waals surface area contributed by atoms with Gasteiger partial charge in [0.1, 0.15) is 17.1 Å². The van der Waals surface area contributed by atoms with Crippen LogP contribution in [0.1, 0.15) is 57.4 Å². The van der Waals surface area contributed by atoms with Crippen LogP contribution in [0.3, 0.4) is 0 Å². The van der Waals surface area contributed by atoms with Crippen LogP contribution in [-0.4, -0.2) is 24.2 Å². The minimum absolute atomic E-state index is 0.0918. The van der Waals surface area contributed by atoms with Crippen LogP contribution >= 0.6 is 0 Å². The van der Waals surface area contributed by atoms with Crippen molar-refractivity contribution in [2.24, 2.45) is 5.73 Å². The number of primary amides is 1. The van der Waals surface area contributed by atoms with Gasteiger partial charge in [-0.2, -0.15) is 0 Å². The van der Waals surface area contributed by atoms with E-state index in [-0.39, 0.29) is 40.9 Å². The van der Waals surface area contributed by atoms with Crippen molar-refractivity contribution < 1.29 is 23.5 Å². The molecule has 0 aliphatic carbocycles. The molecule has 0 atom stereocenters. The summed E-state index contributed by atoms with van der Waals surface area (Å²) < 4.78 is 11.1. The van der Waals surface area contributed by atoms with Gasteiger partial charge in [0.15, 0.2) is 5.78 Å². The van der Waals surface area contributed by atoms with Crippen LogP contribution in [0.4, 0.5) is 5.88 Å². The van der Waals surface area contributed by atoms with Crippen molar-refractivity contribution in [3.05, 3.63) is 46.2 Å². The number of ether oxygens (including phenoxy) is 1.